The van der Waals surface area contributed by atoms with E-state index >= 15 is 0 Å². The number of aromatic nitrogens is 3. The zero-order chi connectivity index (χ0) is 24.4. The van der Waals surface area contributed by atoms with E-state index < -0.39 is 0 Å². The summed E-state index contributed by atoms with van der Waals surface area (Å²) in [5, 5.41) is 5.96. The number of carbonyl (C=O) groups is 2. The molecule has 0 spiro atoms. The molecule has 0 aliphatic carbocycles. The smallest absolute Gasteiger partial charge is 0.256 e. The second-order valence-electron chi connectivity index (χ2n) is 8.71. The van der Waals surface area contributed by atoms with E-state index in [2.05, 4.69) is 20.6 Å². The molecule has 2 aromatic heterocycles. The molecule has 0 bridgehead atoms. The Bertz CT molecular complexity index is 1420. The molecule has 0 atom stereocenters. The van der Waals surface area contributed by atoms with Crippen molar-refractivity contribution in [2.24, 2.45) is 0 Å². The van der Waals surface area contributed by atoms with Gasteiger partial charge in [-0.1, -0.05) is 36.4 Å². The van der Waals surface area contributed by atoms with Crippen LogP contribution in [0.4, 0.5) is 5.69 Å². The first kappa shape index (κ1) is 22.4. The van der Waals surface area contributed by atoms with E-state index in [0.29, 0.717) is 17.7 Å². The molecule has 0 radical (unpaired) electrons. The largest absolute Gasteiger partial charge is 0.358 e. The highest BCUT2D eigenvalue weighted by Gasteiger charge is 2.26. The van der Waals surface area contributed by atoms with Crippen LogP contribution in [-0.2, 0) is 11.3 Å². The van der Waals surface area contributed by atoms with E-state index in [1.54, 1.807) is 12.5 Å². The van der Waals surface area contributed by atoms with Gasteiger partial charge in [0.15, 0.2) is 0 Å². The summed E-state index contributed by atoms with van der Waals surface area (Å²) in [4.78, 5) is 33.1. The Labute approximate surface area is 203 Å². The molecular formula is C28H27N5O2. The number of nitrogens with zero attached hydrogens (tertiary/aromatic N) is 2. The number of imidazole rings is 1. The van der Waals surface area contributed by atoms with Crippen LogP contribution in [0.25, 0.3) is 22.8 Å². The number of amides is 2. The number of aromatic amines is 1. The SMILES string of the molecule is Cc1[nH]c(/C=C2\C(=O)Nc3ccc(-c4ccccc4)cc32)c(C)c1C(=O)NCCCn1ccnc1. The summed E-state index contributed by atoms with van der Waals surface area (Å²) in [6, 6.07) is 16.1. The van der Waals surface area contributed by atoms with Gasteiger partial charge in [0.2, 0.25) is 0 Å². The van der Waals surface area contributed by atoms with Gasteiger partial charge in [-0.25, -0.2) is 4.98 Å². The Morgan fingerprint density at radius 2 is 1.94 bits per heavy atom. The maximum atomic E-state index is 12.9. The van der Waals surface area contributed by atoms with Crippen molar-refractivity contribution in [1.82, 2.24) is 19.9 Å². The minimum atomic E-state index is -0.151. The Morgan fingerprint density at radius 1 is 1.11 bits per heavy atom. The molecule has 0 fully saturated rings. The molecule has 7 nitrogen and oxygen atoms in total. The first-order valence-corrected chi connectivity index (χ1v) is 11.7. The van der Waals surface area contributed by atoms with Crippen molar-refractivity contribution >= 4 is 29.2 Å². The zero-order valence-corrected chi connectivity index (χ0v) is 19.8. The molecule has 3 N–H and O–H groups in total. The van der Waals surface area contributed by atoms with Crippen LogP contribution < -0.4 is 10.6 Å². The number of benzene rings is 2. The minimum absolute atomic E-state index is 0.117. The van der Waals surface area contributed by atoms with Crippen LogP contribution in [-0.4, -0.2) is 32.9 Å². The summed E-state index contributed by atoms with van der Waals surface area (Å²) in [7, 11) is 0. The van der Waals surface area contributed by atoms with Gasteiger partial charge in [0.05, 0.1) is 17.5 Å². The van der Waals surface area contributed by atoms with Gasteiger partial charge in [0.1, 0.15) is 0 Å². The first-order valence-electron chi connectivity index (χ1n) is 11.7. The molecule has 0 saturated carbocycles. The van der Waals surface area contributed by atoms with Gasteiger partial charge in [-0.15, -0.1) is 0 Å². The number of carbonyl (C=O) groups excluding carboxylic acids is 2. The lowest BCUT2D eigenvalue weighted by molar-refractivity contribution is -0.110. The number of aryl methyl sites for hydroxylation is 2. The number of hydrogen-bond donors (Lipinski definition) is 3. The van der Waals surface area contributed by atoms with Crippen LogP contribution >= 0.6 is 0 Å². The third kappa shape index (κ3) is 4.53. The van der Waals surface area contributed by atoms with Gasteiger partial charge in [0, 0.05) is 48.1 Å². The molecule has 1 aliphatic heterocycles. The quantitative estimate of drug-likeness (QED) is 0.270. The van der Waals surface area contributed by atoms with E-state index in [0.717, 1.165) is 52.3 Å². The molecule has 5 rings (SSSR count). The molecule has 4 aromatic rings. The summed E-state index contributed by atoms with van der Waals surface area (Å²) in [5.41, 5.74) is 7.33. The lowest BCUT2D eigenvalue weighted by atomic mass is 9.98. The summed E-state index contributed by atoms with van der Waals surface area (Å²) in [6.45, 7) is 5.15. The highest BCUT2D eigenvalue weighted by molar-refractivity contribution is 6.35. The number of fused-ring (bicyclic) bond motifs is 1. The predicted octanol–water partition coefficient (Wildman–Crippen LogP) is 4.81. The number of H-pyrrole nitrogens is 1. The van der Waals surface area contributed by atoms with Crippen molar-refractivity contribution in [1.29, 1.82) is 0 Å². The Balaban J connectivity index is 1.37. The van der Waals surface area contributed by atoms with Crippen molar-refractivity contribution in [3.05, 3.63) is 95.3 Å². The van der Waals surface area contributed by atoms with Crippen molar-refractivity contribution < 1.29 is 9.59 Å². The molecule has 7 heteroatoms. The monoisotopic (exact) mass is 465 g/mol. The molecule has 35 heavy (non-hydrogen) atoms. The fourth-order valence-electron chi connectivity index (χ4n) is 4.52. The van der Waals surface area contributed by atoms with Gasteiger partial charge in [0.25, 0.3) is 11.8 Å². The van der Waals surface area contributed by atoms with Crippen LogP contribution in [0.3, 0.4) is 0 Å². The third-order valence-corrected chi connectivity index (χ3v) is 6.34. The number of nitrogens with one attached hydrogen (secondary N) is 3. The predicted molar refractivity (Wildman–Crippen MR) is 138 cm³/mol. The molecule has 2 aromatic carbocycles. The Kier molecular flexibility index (Phi) is 6.06. The second kappa shape index (κ2) is 9.46. The highest BCUT2D eigenvalue weighted by atomic mass is 16.2. The molecule has 1 aliphatic rings. The van der Waals surface area contributed by atoms with Crippen molar-refractivity contribution in [2.45, 2.75) is 26.8 Å². The summed E-state index contributed by atoms with van der Waals surface area (Å²) in [6.07, 6.45) is 8.06. The van der Waals surface area contributed by atoms with Crippen molar-refractivity contribution in [3.8, 4) is 11.1 Å². The second-order valence-corrected chi connectivity index (χ2v) is 8.71. The lowest BCUT2D eigenvalue weighted by Gasteiger charge is -2.07. The van der Waals surface area contributed by atoms with Crippen LogP contribution in [0.1, 0.15) is 39.3 Å². The molecule has 3 heterocycles. The van der Waals surface area contributed by atoms with E-state index in [4.69, 9.17) is 0 Å². The van der Waals surface area contributed by atoms with E-state index in [-0.39, 0.29) is 11.8 Å². The van der Waals surface area contributed by atoms with Crippen LogP contribution in [0.15, 0.2) is 67.3 Å². The average Bonchev–Trinajstić information content (AvgIpc) is 3.56. The molecule has 0 saturated heterocycles. The Morgan fingerprint density at radius 3 is 2.71 bits per heavy atom. The number of hydrogen-bond acceptors (Lipinski definition) is 3. The van der Waals surface area contributed by atoms with Gasteiger partial charge < -0.3 is 20.2 Å². The minimum Gasteiger partial charge on any atom is -0.358 e. The fourth-order valence-corrected chi connectivity index (χ4v) is 4.52. The van der Waals surface area contributed by atoms with Gasteiger partial charge in [-0.2, -0.15) is 0 Å². The van der Waals surface area contributed by atoms with Gasteiger partial charge >= 0.3 is 0 Å². The maximum absolute atomic E-state index is 12.9. The van der Waals surface area contributed by atoms with Gasteiger partial charge in [-0.05, 0) is 55.2 Å². The third-order valence-electron chi connectivity index (χ3n) is 6.34. The van der Waals surface area contributed by atoms with E-state index in [1.807, 2.05) is 79.2 Å². The number of anilines is 1. The van der Waals surface area contributed by atoms with E-state index in [1.165, 1.54) is 0 Å². The van der Waals surface area contributed by atoms with Gasteiger partial charge in [-0.3, -0.25) is 9.59 Å². The maximum Gasteiger partial charge on any atom is 0.256 e. The van der Waals surface area contributed by atoms with Crippen LogP contribution in [0, 0.1) is 13.8 Å². The molecule has 176 valence electrons. The molecular weight excluding hydrogens is 438 g/mol. The standard InChI is InChI=1S/C28H27N5O2/c1-18-25(31-19(2)26(18)28(35)30-11-6-13-33-14-12-29-17-33)16-23-22-15-21(20-7-4-3-5-8-20)9-10-24(22)32-27(23)34/h3-5,7-10,12,14-17,31H,6,11,13H2,1-2H3,(H,30,35)(H,32,34)/b23-16-. The highest BCUT2D eigenvalue weighted by Crippen LogP contribution is 2.36. The fraction of sp³-hybridized carbons (Fsp3) is 0.179. The molecule has 0 unspecified atom stereocenters. The van der Waals surface area contributed by atoms with E-state index in [9.17, 15) is 9.59 Å². The van der Waals surface area contributed by atoms with Crippen LogP contribution in [0.2, 0.25) is 0 Å². The normalized spacial score (nSPS) is 13.7. The molecule has 2 amide bonds. The number of rotatable bonds is 7. The summed E-state index contributed by atoms with van der Waals surface area (Å²) < 4.78 is 1.98. The summed E-state index contributed by atoms with van der Waals surface area (Å²) >= 11 is 0. The summed E-state index contributed by atoms with van der Waals surface area (Å²) in [5.74, 6) is -0.267. The Hall–Kier alpha value is -4.39. The van der Waals surface area contributed by atoms with Crippen molar-refractivity contribution in [2.75, 3.05) is 11.9 Å². The van der Waals surface area contributed by atoms with Crippen molar-refractivity contribution in [3.63, 3.8) is 0 Å². The van der Waals surface area contributed by atoms with Crippen LogP contribution in [0.5, 0.6) is 0 Å². The zero-order valence-electron chi connectivity index (χ0n) is 19.8. The topological polar surface area (TPSA) is 91.8 Å². The first-order chi connectivity index (χ1) is 17.0. The lowest BCUT2D eigenvalue weighted by Crippen LogP contribution is -2.26. The average molecular weight is 466 g/mol.